The van der Waals surface area contributed by atoms with Gasteiger partial charge in [-0.05, 0) is 24.3 Å². The van der Waals surface area contributed by atoms with Gasteiger partial charge in [-0.15, -0.1) is 11.3 Å². The quantitative estimate of drug-likeness (QED) is 0.801. The molecular formula is C9H7FN2OS. The van der Waals surface area contributed by atoms with Crippen molar-refractivity contribution in [1.82, 2.24) is 4.98 Å². The van der Waals surface area contributed by atoms with E-state index in [9.17, 15) is 4.39 Å². The van der Waals surface area contributed by atoms with E-state index in [1.807, 2.05) is 0 Å². The molecule has 0 saturated carbocycles. The lowest BCUT2D eigenvalue weighted by Gasteiger charge is -2.00. The number of nitrogens with one attached hydrogen (secondary N) is 1. The zero-order valence-electron chi connectivity index (χ0n) is 7.07. The first-order valence-corrected chi connectivity index (χ1v) is 4.79. The third-order valence-corrected chi connectivity index (χ3v) is 2.33. The summed E-state index contributed by atoms with van der Waals surface area (Å²) in [7, 11) is 0. The van der Waals surface area contributed by atoms with Crippen LogP contribution in [0.1, 0.15) is 0 Å². The number of nitrogens with zero attached hydrogens (tertiary/aromatic N) is 1. The highest BCUT2D eigenvalue weighted by Gasteiger charge is 2.00. The Morgan fingerprint density at radius 3 is 2.57 bits per heavy atom. The SMILES string of the molecule is Oc1csc(Nc2ccc(F)cc2)n1. The molecule has 72 valence electrons. The Kier molecular flexibility index (Phi) is 2.32. The Bertz CT molecular complexity index is 427. The van der Waals surface area contributed by atoms with Crippen LogP contribution in [0.2, 0.25) is 0 Å². The van der Waals surface area contributed by atoms with Gasteiger partial charge in [0.05, 0.1) is 5.38 Å². The fourth-order valence-corrected chi connectivity index (χ4v) is 1.57. The Morgan fingerprint density at radius 2 is 2.00 bits per heavy atom. The van der Waals surface area contributed by atoms with Gasteiger partial charge in [0.25, 0.3) is 0 Å². The van der Waals surface area contributed by atoms with E-state index in [1.165, 1.54) is 28.8 Å². The van der Waals surface area contributed by atoms with Crippen molar-refractivity contribution in [3.63, 3.8) is 0 Å². The van der Waals surface area contributed by atoms with Crippen molar-refractivity contribution in [2.45, 2.75) is 0 Å². The smallest absolute Gasteiger partial charge is 0.223 e. The largest absolute Gasteiger partial charge is 0.493 e. The lowest BCUT2D eigenvalue weighted by atomic mass is 10.3. The second-order valence-electron chi connectivity index (χ2n) is 2.64. The summed E-state index contributed by atoms with van der Waals surface area (Å²) in [5, 5.41) is 14.0. The fourth-order valence-electron chi connectivity index (χ4n) is 0.979. The molecule has 0 bridgehead atoms. The highest BCUT2D eigenvalue weighted by Crippen LogP contribution is 2.23. The van der Waals surface area contributed by atoms with E-state index in [2.05, 4.69) is 10.3 Å². The molecule has 1 aromatic heterocycles. The van der Waals surface area contributed by atoms with E-state index >= 15 is 0 Å². The molecule has 0 aliphatic heterocycles. The number of aromatic nitrogens is 1. The van der Waals surface area contributed by atoms with E-state index in [0.29, 0.717) is 5.13 Å². The molecule has 3 nitrogen and oxygen atoms in total. The molecule has 0 saturated heterocycles. The van der Waals surface area contributed by atoms with Crippen LogP contribution < -0.4 is 5.32 Å². The van der Waals surface area contributed by atoms with Crippen LogP contribution in [0.15, 0.2) is 29.6 Å². The Balaban J connectivity index is 2.15. The van der Waals surface area contributed by atoms with Gasteiger partial charge in [-0.25, -0.2) is 4.39 Å². The molecule has 0 radical (unpaired) electrons. The molecule has 0 amide bonds. The Labute approximate surface area is 83.9 Å². The van der Waals surface area contributed by atoms with Gasteiger partial charge >= 0.3 is 0 Å². The number of rotatable bonds is 2. The van der Waals surface area contributed by atoms with E-state index < -0.39 is 0 Å². The standard InChI is InChI=1S/C9H7FN2OS/c10-6-1-3-7(4-2-6)11-9-12-8(13)5-14-9/h1-5,13H,(H,11,12). The summed E-state index contributed by atoms with van der Waals surface area (Å²) in [4.78, 5) is 3.80. The summed E-state index contributed by atoms with van der Waals surface area (Å²) in [6.07, 6.45) is 0. The highest BCUT2D eigenvalue weighted by atomic mass is 32.1. The van der Waals surface area contributed by atoms with Crippen molar-refractivity contribution in [3.05, 3.63) is 35.5 Å². The van der Waals surface area contributed by atoms with Crippen LogP contribution in [0.5, 0.6) is 5.88 Å². The van der Waals surface area contributed by atoms with Crippen molar-refractivity contribution in [3.8, 4) is 5.88 Å². The number of hydrogen-bond donors (Lipinski definition) is 2. The first-order chi connectivity index (χ1) is 6.74. The molecule has 0 fully saturated rings. The summed E-state index contributed by atoms with van der Waals surface area (Å²) in [6, 6.07) is 5.92. The lowest BCUT2D eigenvalue weighted by Crippen LogP contribution is -1.88. The van der Waals surface area contributed by atoms with Gasteiger partial charge in [-0.2, -0.15) is 4.98 Å². The molecule has 0 unspecified atom stereocenters. The third-order valence-electron chi connectivity index (χ3n) is 1.59. The number of anilines is 2. The van der Waals surface area contributed by atoms with Crippen LogP contribution in [0.25, 0.3) is 0 Å². The molecular weight excluding hydrogens is 203 g/mol. The van der Waals surface area contributed by atoms with E-state index in [-0.39, 0.29) is 11.7 Å². The van der Waals surface area contributed by atoms with Gasteiger partial charge < -0.3 is 10.4 Å². The van der Waals surface area contributed by atoms with Crippen molar-refractivity contribution in [1.29, 1.82) is 0 Å². The molecule has 2 N–H and O–H groups in total. The maximum Gasteiger partial charge on any atom is 0.223 e. The second kappa shape index (κ2) is 3.63. The summed E-state index contributed by atoms with van der Waals surface area (Å²) in [5.74, 6) is -0.294. The minimum atomic E-state index is -0.280. The molecule has 14 heavy (non-hydrogen) atoms. The summed E-state index contributed by atoms with van der Waals surface area (Å²) in [5.41, 5.74) is 0.737. The topological polar surface area (TPSA) is 45.1 Å². The van der Waals surface area contributed by atoms with E-state index in [4.69, 9.17) is 5.11 Å². The van der Waals surface area contributed by atoms with Crippen LogP contribution in [0.4, 0.5) is 15.2 Å². The average molecular weight is 210 g/mol. The molecule has 0 aliphatic rings. The minimum Gasteiger partial charge on any atom is -0.493 e. The molecule has 5 heteroatoms. The van der Waals surface area contributed by atoms with Gasteiger partial charge in [0.1, 0.15) is 5.82 Å². The minimum absolute atomic E-state index is 0.0142. The van der Waals surface area contributed by atoms with E-state index in [1.54, 1.807) is 12.1 Å². The summed E-state index contributed by atoms with van der Waals surface area (Å²) < 4.78 is 12.5. The molecule has 2 aromatic rings. The van der Waals surface area contributed by atoms with Crippen LogP contribution in [0.3, 0.4) is 0 Å². The van der Waals surface area contributed by atoms with Crippen LogP contribution >= 0.6 is 11.3 Å². The summed E-state index contributed by atoms with van der Waals surface area (Å²) >= 11 is 1.28. The third kappa shape index (κ3) is 2.00. The molecule has 0 atom stereocenters. The van der Waals surface area contributed by atoms with Crippen LogP contribution in [-0.4, -0.2) is 10.1 Å². The van der Waals surface area contributed by atoms with Gasteiger partial charge in [0.15, 0.2) is 5.13 Å². The van der Waals surface area contributed by atoms with Gasteiger partial charge in [0.2, 0.25) is 5.88 Å². The average Bonchev–Trinajstić information content (AvgIpc) is 2.56. The first kappa shape index (κ1) is 8.96. The number of hydrogen-bond acceptors (Lipinski definition) is 4. The van der Waals surface area contributed by atoms with E-state index in [0.717, 1.165) is 5.69 Å². The maximum absolute atomic E-state index is 12.5. The normalized spacial score (nSPS) is 10.1. The Morgan fingerprint density at radius 1 is 1.29 bits per heavy atom. The molecule has 1 heterocycles. The Hall–Kier alpha value is -1.62. The van der Waals surface area contributed by atoms with Gasteiger partial charge in [-0.3, -0.25) is 0 Å². The zero-order chi connectivity index (χ0) is 9.97. The van der Waals surface area contributed by atoms with Crippen molar-refractivity contribution in [2.24, 2.45) is 0 Å². The number of aromatic hydroxyl groups is 1. The highest BCUT2D eigenvalue weighted by molar-refractivity contribution is 7.13. The van der Waals surface area contributed by atoms with Crippen molar-refractivity contribution < 1.29 is 9.50 Å². The molecule has 0 spiro atoms. The number of benzene rings is 1. The molecule has 2 rings (SSSR count). The van der Waals surface area contributed by atoms with Gasteiger partial charge in [0, 0.05) is 5.69 Å². The summed E-state index contributed by atoms with van der Waals surface area (Å²) in [6.45, 7) is 0. The fraction of sp³-hybridized carbons (Fsp3) is 0. The molecule has 0 aliphatic carbocycles. The van der Waals surface area contributed by atoms with Crippen LogP contribution in [-0.2, 0) is 0 Å². The van der Waals surface area contributed by atoms with Crippen molar-refractivity contribution >= 4 is 22.2 Å². The second-order valence-corrected chi connectivity index (χ2v) is 3.50. The number of halogens is 1. The van der Waals surface area contributed by atoms with Crippen molar-refractivity contribution in [2.75, 3.05) is 5.32 Å². The number of thiazole rings is 1. The zero-order valence-corrected chi connectivity index (χ0v) is 7.88. The molecule has 1 aromatic carbocycles. The van der Waals surface area contributed by atoms with Crippen LogP contribution in [0, 0.1) is 5.82 Å². The first-order valence-electron chi connectivity index (χ1n) is 3.91. The van der Waals surface area contributed by atoms with Gasteiger partial charge in [-0.1, -0.05) is 0 Å². The lowest BCUT2D eigenvalue weighted by molar-refractivity contribution is 0.458. The monoisotopic (exact) mass is 210 g/mol. The predicted octanol–water partition coefficient (Wildman–Crippen LogP) is 2.73. The predicted molar refractivity (Wildman–Crippen MR) is 53.5 cm³/mol. The maximum atomic E-state index is 12.5.